The topological polar surface area (TPSA) is 482 Å². The van der Waals surface area contributed by atoms with E-state index in [1.807, 2.05) is 0 Å². The number of anilines is 1. The predicted octanol–water partition coefficient (Wildman–Crippen LogP) is -3.48. The molecule has 2 aromatic rings. The minimum Gasteiger partial charge on any atom is -0.480 e. The molecule has 0 radical (unpaired) electrons. The Kier molecular flexibility index (Phi) is 21.3. The van der Waals surface area contributed by atoms with Gasteiger partial charge in [-0.2, -0.15) is 4.31 Å². The second kappa shape index (κ2) is 25.0. The molecule has 1 aliphatic rings. The molecule has 2 aromatic heterocycles. The van der Waals surface area contributed by atoms with Crippen molar-refractivity contribution < 1.29 is 110 Å². The molecule has 67 heavy (non-hydrogen) atoms. The summed E-state index contributed by atoms with van der Waals surface area (Å²) in [6.45, 7) is -2.66. The summed E-state index contributed by atoms with van der Waals surface area (Å²) >= 11 is 0.745. The number of aliphatic hydroxyl groups is 2. The number of nitrogens with two attached hydrogens (primary N) is 1. The quantitative estimate of drug-likeness (QED) is 0.0267. The number of ether oxygens (including phenoxy) is 1. The van der Waals surface area contributed by atoms with Gasteiger partial charge in [0.25, 0.3) is 0 Å². The van der Waals surface area contributed by atoms with Crippen molar-refractivity contribution in [1.82, 2.24) is 40.0 Å². The van der Waals surface area contributed by atoms with Crippen LogP contribution in [0.5, 0.6) is 0 Å². The van der Waals surface area contributed by atoms with Gasteiger partial charge in [0.2, 0.25) is 16.9 Å². The lowest BCUT2D eigenvalue weighted by Crippen LogP contribution is -2.46. The maximum atomic E-state index is 12.7. The number of phosphoric acid groups is 3. The summed E-state index contributed by atoms with van der Waals surface area (Å²) in [6.07, 6.45) is -7.37. The highest BCUT2D eigenvalue weighted by molar-refractivity contribution is 8.13. The molecule has 0 saturated carbocycles. The van der Waals surface area contributed by atoms with E-state index >= 15 is 0 Å². The van der Waals surface area contributed by atoms with E-state index in [1.54, 1.807) is 0 Å². The van der Waals surface area contributed by atoms with Crippen LogP contribution in [-0.2, 0) is 65.1 Å². The lowest BCUT2D eigenvalue weighted by molar-refractivity contribution is -0.143. The van der Waals surface area contributed by atoms with Crippen molar-refractivity contribution in [2.45, 2.75) is 50.9 Å². The van der Waals surface area contributed by atoms with Gasteiger partial charge in [-0.15, -0.1) is 0 Å². The molecule has 0 bridgehead atoms. The Morgan fingerprint density at radius 3 is 2.06 bits per heavy atom. The number of thioether (sulfide) groups is 1. The van der Waals surface area contributed by atoms with E-state index < -0.39 is 127 Å². The highest BCUT2D eigenvalue weighted by Gasteiger charge is 2.50. The molecule has 7 unspecified atom stereocenters. The second-order valence-electron chi connectivity index (χ2n) is 14.9. The zero-order valence-corrected chi connectivity index (χ0v) is 38.8. The second-order valence-corrected chi connectivity index (χ2v) is 20.3. The Morgan fingerprint density at radius 1 is 0.896 bits per heavy atom. The number of nitrogens with one attached hydrogen (secondary N) is 2. The number of hydrogen-bond donors (Lipinski definition) is 12. The number of hydrogen-bond acceptors (Lipinski definition) is 23. The van der Waals surface area contributed by atoms with Crippen LogP contribution in [0.2, 0.25) is 0 Å². The molecule has 13 N–H and O–H groups in total. The third kappa shape index (κ3) is 19.4. The fourth-order valence-electron chi connectivity index (χ4n) is 5.81. The van der Waals surface area contributed by atoms with Crippen LogP contribution in [-0.4, -0.2) is 205 Å². The molecule has 1 fully saturated rings. The van der Waals surface area contributed by atoms with Crippen molar-refractivity contribution in [3.8, 4) is 0 Å². The molecule has 7 atom stereocenters. The van der Waals surface area contributed by atoms with Crippen LogP contribution >= 0.6 is 35.2 Å². The zero-order chi connectivity index (χ0) is 50.5. The molecular weight excluding hydrogens is 991 g/mol. The molecule has 3 heterocycles. The Bertz CT molecular complexity index is 2220. The Labute approximate surface area is 382 Å². The maximum absolute atomic E-state index is 12.7. The number of phosphoric ester groups is 3. The number of carboxylic acids is 3. The Balaban J connectivity index is 1.43. The molecule has 2 amide bonds. The number of aliphatic carboxylic acids is 3. The highest BCUT2D eigenvalue weighted by atomic mass is 32.2. The first-order chi connectivity index (χ1) is 31.0. The number of fused-ring (bicyclic) bond motifs is 1. The van der Waals surface area contributed by atoms with Crippen LogP contribution in [0.3, 0.4) is 0 Å². The summed E-state index contributed by atoms with van der Waals surface area (Å²) in [6, 6.07) is 0. The Morgan fingerprint density at radius 2 is 1.48 bits per heavy atom. The van der Waals surface area contributed by atoms with Gasteiger partial charge in [-0.25, -0.2) is 28.6 Å². The van der Waals surface area contributed by atoms with E-state index in [2.05, 4.69) is 34.4 Å². The van der Waals surface area contributed by atoms with Gasteiger partial charge in [0.05, 0.1) is 45.7 Å². The number of carbonyl (C=O) groups excluding carboxylic acids is 3. The van der Waals surface area contributed by atoms with E-state index in [-0.39, 0.29) is 61.9 Å². The van der Waals surface area contributed by atoms with Crippen molar-refractivity contribution >= 4 is 87.0 Å². The highest BCUT2D eigenvalue weighted by Crippen LogP contribution is 2.61. The molecule has 0 aliphatic carbocycles. The smallest absolute Gasteiger partial charge is 0.480 e. The number of nitrogen functional groups attached to an aromatic ring is 1. The summed E-state index contributed by atoms with van der Waals surface area (Å²) in [7, 11) is -16.6. The molecule has 0 aromatic carbocycles. The van der Waals surface area contributed by atoms with Gasteiger partial charge >= 0.3 is 41.4 Å². The number of aliphatic hydroxyl groups excluding tert-OH is 2. The van der Waals surface area contributed by atoms with Gasteiger partial charge < -0.3 is 66.2 Å². The van der Waals surface area contributed by atoms with Gasteiger partial charge in [-0.05, 0) is 0 Å². The lowest BCUT2D eigenvalue weighted by Gasteiger charge is -2.30. The Hall–Kier alpha value is -4.11. The average Bonchev–Trinajstić information content (AvgIpc) is 3.75. The first-order valence-corrected chi connectivity index (χ1v) is 24.6. The summed E-state index contributed by atoms with van der Waals surface area (Å²) in [5, 5.41) is 52.9. The lowest BCUT2D eigenvalue weighted by atomic mass is 9.87. The van der Waals surface area contributed by atoms with Crippen LogP contribution in [0, 0.1) is 5.41 Å². The summed E-state index contributed by atoms with van der Waals surface area (Å²) in [4.78, 5) is 124. The molecule has 1 aliphatic heterocycles. The largest absolute Gasteiger partial charge is 0.481 e. The van der Waals surface area contributed by atoms with Gasteiger partial charge in [-0.1, -0.05) is 25.6 Å². The van der Waals surface area contributed by atoms with Crippen molar-refractivity contribution in [3.63, 3.8) is 0 Å². The van der Waals surface area contributed by atoms with Gasteiger partial charge in [0, 0.05) is 43.8 Å². The van der Waals surface area contributed by atoms with Gasteiger partial charge in [-0.3, -0.25) is 56.7 Å². The number of nitrogens with zero attached hydrogens (tertiary/aromatic N) is 6. The van der Waals surface area contributed by atoms with Crippen LogP contribution in [0.4, 0.5) is 5.82 Å². The van der Waals surface area contributed by atoms with Crippen molar-refractivity contribution in [3.05, 3.63) is 12.7 Å². The summed E-state index contributed by atoms with van der Waals surface area (Å²) < 4.78 is 62.2. The van der Waals surface area contributed by atoms with Gasteiger partial charge in [0.15, 0.2) is 17.7 Å². The first-order valence-electron chi connectivity index (χ1n) is 19.1. The van der Waals surface area contributed by atoms with Crippen LogP contribution in [0.25, 0.3) is 11.2 Å². The number of carbonyl (C=O) groups is 6. The monoisotopic (exact) mass is 1040 g/mol. The minimum atomic E-state index is -5.63. The van der Waals surface area contributed by atoms with Crippen molar-refractivity contribution in [2.24, 2.45) is 5.41 Å². The van der Waals surface area contributed by atoms with Crippen molar-refractivity contribution in [2.75, 3.05) is 77.1 Å². The zero-order valence-electron chi connectivity index (χ0n) is 35.3. The SMILES string of the molecule is CC(C)(COP(=O)(O)OP(=O)(O)OCC1OC(n2cnc3c(N)ncnc32)C(O)C1OP(=O)(O)O)C(O)C(=O)NCCC(=O)NCCSC(=O)CN(CCN(CC(=O)O)CC(=O)O)CC(=O)O. The number of carboxylic acid groups (broad SMARTS) is 3. The van der Waals surface area contributed by atoms with Gasteiger partial charge in [0.1, 0.15) is 36.3 Å². The average molecular weight is 1040 g/mol. The predicted molar refractivity (Wildman–Crippen MR) is 223 cm³/mol. The number of imidazole rings is 1. The fourth-order valence-corrected chi connectivity index (χ4v) is 9.34. The van der Waals surface area contributed by atoms with E-state index in [9.17, 15) is 77.4 Å². The number of amides is 2. The van der Waals surface area contributed by atoms with Crippen molar-refractivity contribution in [1.29, 1.82) is 0 Å². The van der Waals surface area contributed by atoms with Crippen LogP contribution < -0.4 is 16.4 Å². The normalized spacial score (nSPS) is 20.0. The van der Waals surface area contributed by atoms with E-state index in [0.29, 0.717) is 0 Å². The number of aromatic nitrogens is 4. The molecular formula is C31H50N9O23P3S. The molecule has 32 nitrogen and oxygen atoms in total. The first kappa shape index (κ1) is 57.2. The molecule has 3 rings (SSSR count). The standard InChI is InChI=1S/C31H50N9O23P3S/c1-31(2,26(50)29(51)34-4-3-18(41)33-5-8-67-22(48)12-39(11-21(46)47)7-6-38(9-19(42)43)10-20(44)45)14-60-66(57,58)63-65(55,56)59-13-17-25(62-64(52,53)54)24(49)30(61-17)40-16-37-23-27(32)35-15-36-28(23)40/h15-17,24-26,30,49-50H,3-14H2,1-2H3,(H,33,41)(H,34,51)(H,42,43)(H,44,45)(H,46,47)(H,55,56)(H,57,58)(H2,32,35,36)(H2,52,53,54). The van der Waals surface area contributed by atoms with Crippen LogP contribution in [0.1, 0.15) is 26.5 Å². The van der Waals surface area contributed by atoms with Crippen LogP contribution in [0.15, 0.2) is 12.7 Å². The summed E-state index contributed by atoms with van der Waals surface area (Å²) in [5.41, 5.74) is 4.11. The molecule has 36 heteroatoms. The third-order valence-electron chi connectivity index (χ3n) is 8.93. The molecule has 378 valence electrons. The van der Waals surface area contributed by atoms with E-state index in [1.165, 1.54) is 18.7 Å². The fraction of sp³-hybridized carbons (Fsp3) is 0.645. The summed E-state index contributed by atoms with van der Waals surface area (Å²) in [5.74, 6) is -5.60. The molecule has 1 saturated heterocycles. The third-order valence-corrected chi connectivity index (χ3v) is 12.9. The maximum Gasteiger partial charge on any atom is 0.481 e. The minimum absolute atomic E-state index is 0.00156. The number of rotatable bonds is 30. The van der Waals surface area contributed by atoms with E-state index in [0.717, 1.165) is 33.9 Å². The van der Waals surface area contributed by atoms with E-state index in [4.69, 9.17) is 29.7 Å². The molecule has 0 spiro atoms.